The maximum atomic E-state index is 12.9. The number of aliphatic carboxylic acids is 2. The second kappa shape index (κ2) is 29.7. The molecule has 84 heavy (non-hydrogen) atoms. The first kappa shape index (κ1) is 73.0. The van der Waals surface area contributed by atoms with Gasteiger partial charge in [-0.25, -0.2) is 26.3 Å². The Bertz CT molecular complexity index is 2770. The molecule has 4 heterocycles. The molecule has 4 aliphatic rings. The van der Waals surface area contributed by atoms with Crippen molar-refractivity contribution in [2.24, 2.45) is 0 Å². The molecule has 4 fully saturated rings. The lowest BCUT2D eigenvalue weighted by atomic mass is 9.95. The van der Waals surface area contributed by atoms with Crippen molar-refractivity contribution in [1.82, 2.24) is 20.1 Å². The number of carbonyl (C=O) groups excluding carboxylic acids is 2. The quantitative estimate of drug-likeness (QED) is 0.0226. The number of carboxylic acids is 2. The van der Waals surface area contributed by atoms with E-state index in [-0.39, 0.29) is 0 Å². The molecule has 0 aromatic heterocycles. The fourth-order valence-electron chi connectivity index (χ4n) is 8.03. The van der Waals surface area contributed by atoms with Gasteiger partial charge in [-0.2, -0.15) is 60.0 Å². The Hall–Kier alpha value is -3.46. The number of amides is 2. The van der Waals surface area contributed by atoms with Crippen LogP contribution in [-0.2, 0) is 145 Å². The average molecular weight is 1360 g/mol. The van der Waals surface area contributed by atoms with Gasteiger partial charge in [0.15, 0.2) is 49.6 Å². The summed E-state index contributed by atoms with van der Waals surface area (Å²) in [5, 5.41) is 68.6. The zero-order chi connectivity index (χ0) is 63.8. The summed E-state index contributed by atoms with van der Waals surface area (Å²) in [6.07, 6.45) is -43.2. The molecule has 0 aliphatic carbocycles. The van der Waals surface area contributed by atoms with Gasteiger partial charge in [-0.05, 0) is 0 Å². The van der Waals surface area contributed by atoms with E-state index in [9.17, 15) is 128 Å². The number of aliphatic hydroxyl groups is 4. The first-order valence-electron chi connectivity index (χ1n) is 22.4. The average Bonchev–Trinajstić information content (AvgIpc) is 1.50. The van der Waals surface area contributed by atoms with Crippen molar-refractivity contribution in [2.75, 3.05) is 53.7 Å². The van der Waals surface area contributed by atoms with Crippen molar-refractivity contribution in [3.8, 4) is 0 Å². The van der Waals surface area contributed by atoms with Crippen molar-refractivity contribution in [3.63, 3.8) is 0 Å². The number of nitrogens with one attached hydrogen (secondary N) is 4. The highest BCUT2D eigenvalue weighted by molar-refractivity contribution is 7.84. The van der Waals surface area contributed by atoms with Crippen LogP contribution < -0.4 is 20.1 Å². The van der Waals surface area contributed by atoms with Crippen molar-refractivity contribution in [1.29, 1.82) is 0 Å². The lowest BCUT2D eigenvalue weighted by Gasteiger charge is -2.47. The van der Waals surface area contributed by atoms with E-state index < -0.39 is 248 Å². The summed E-state index contributed by atoms with van der Waals surface area (Å²) in [4.78, 5) is 50.2. The second-order valence-electron chi connectivity index (χ2n) is 17.1. The molecule has 0 unspecified atom stereocenters. The van der Waals surface area contributed by atoms with Crippen LogP contribution in [0.5, 0.6) is 0 Å². The van der Waals surface area contributed by atoms with Crippen LogP contribution in [0.25, 0.3) is 0 Å². The number of hydrogen-bond donors (Lipinski definition) is 16. The summed E-state index contributed by atoms with van der Waals surface area (Å²) in [5.74, 6) is -6.48. The first-order valence-corrected chi connectivity index (χ1v) is 30.7. The fraction of sp³-hybridized carbons (Fsp3) is 0.875. The molecule has 490 valence electrons. The highest BCUT2D eigenvalue weighted by Crippen LogP contribution is 2.35. The Kier molecular flexibility index (Phi) is 25.8. The molecule has 16 N–H and O–H groups in total. The molecule has 0 aromatic rings. The van der Waals surface area contributed by atoms with Crippen LogP contribution in [0.2, 0.25) is 0 Å². The zero-order valence-electron chi connectivity index (χ0n) is 41.9. The van der Waals surface area contributed by atoms with E-state index in [2.05, 4.69) is 27.4 Å². The number of methoxy groups -OCH3 is 2. The third-order valence-electron chi connectivity index (χ3n) is 11.3. The molecular weight excluding hydrogens is 1300 g/mol. The van der Waals surface area contributed by atoms with Gasteiger partial charge in [0.25, 0.3) is 0 Å². The minimum absolute atomic E-state index is 0.604. The molecule has 52 heteroatoms. The fourth-order valence-corrected chi connectivity index (χ4v) is 10.8. The molecule has 46 nitrogen and oxygen atoms in total. The van der Waals surface area contributed by atoms with E-state index in [1.165, 1.54) is 9.44 Å². The molecule has 4 rings (SSSR count). The minimum Gasteiger partial charge on any atom is -0.479 e. The summed E-state index contributed by atoms with van der Waals surface area (Å²) in [6, 6.07) is -4.95. The van der Waals surface area contributed by atoms with Crippen molar-refractivity contribution >= 4 is 86.0 Å². The van der Waals surface area contributed by atoms with Gasteiger partial charge >= 0.3 is 74.1 Å². The lowest BCUT2D eigenvalue weighted by molar-refractivity contribution is -0.336. The van der Waals surface area contributed by atoms with Gasteiger partial charge < -0.3 is 88.6 Å². The van der Waals surface area contributed by atoms with Crippen LogP contribution in [0.1, 0.15) is 0 Å². The van der Waals surface area contributed by atoms with Gasteiger partial charge in [-0.3, -0.25) is 36.9 Å². The monoisotopic (exact) mass is 1360 g/mol. The molecule has 4 saturated heterocycles. The van der Waals surface area contributed by atoms with Crippen LogP contribution in [0.15, 0.2) is 0 Å². The topological polar surface area (TPSA) is 693 Å². The van der Waals surface area contributed by atoms with E-state index >= 15 is 0 Å². The predicted molar refractivity (Wildman–Crippen MR) is 248 cm³/mol. The van der Waals surface area contributed by atoms with Gasteiger partial charge in [0.1, 0.15) is 86.3 Å². The molecule has 0 bridgehead atoms. The van der Waals surface area contributed by atoms with Crippen LogP contribution >= 0.6 is 0 Å². The lowest BCUT2D eigenvalue weighted by Crippen LogP contribution is -2.68. The van der Waals surface area contributed by atoms with Crippen LogP contribution in [0.4, 0.5) is 0 Å². The molecule has 0 radical (unpaired) electrons. The molecule has 4 aliphatic heterocycles. The number of carboxylic acid groups (broad SMARTS) is 2. The molecule has 0 aromatic carbocycles. The Morgan fingerprint density at radius 3 is 1.02 bits per heavy atom. The van der Waals surface area contributed by atoms with E-state index in [0.29, 0.717) is 0 Å². The zero-order valence-corrected chi connectivity index (χ0v) is 46.8. The SMILES string of the molecule is CO[C@@H]1O[C@@H](C(=O)O)[C@@H](O[C@H]2O[C@H](COS(=O)(=O)O)[C@@H](OCC(=O)NCCNC(=O)CO[C@H]3[C@H](O)[C@@H](NS(=O)(=O)O)[C@@H](O[C@H]4[C@H](O)[C@@H](OS(=O)(=O)O)[C@H](OC)O[C@H]4C(=O)O)O[C@@H]3COS(=O)(=O)O)[C@H](O)[C@H]2NS(=O)(=O)O)[C@H](O)[C@H]1OS(=O)(=O)O. The van der Waals surface area contributed by atoms with Crippen molar-refractivity contribution in [2.45, 2.75) is 123 Å². The van der Waals surface area contributed by atoms with Gasteiger partial charge in [0.05, 0.1) is 13.2 Å². The van der Waals surface area contributed by atoms with E-state index in [4.69, 9.17) is 47.4 Å². The van der Waals surface area contributed by atoms with Gasteiger partial charge in [-0.1, -0.05) is 0 Å². The van der Waals surface area contributed by atoms with Crippen LogP contribution in [0, 0.1) is 0 Å². The summed E-state index contributed by atoms with van der Waals surface area (Å²) in [7, 11) is -31.4. The maximum Gasteiger partial charge on any atom is 0.397 e. The summed E-state index contributed by atoms with van der Waals surface area (Å²) in [6.45, 7) is -6.63. The van der Waals surface area contributed by atoms with Crippen molar-refractivity contribution in [3.05, 3.63) is 0 Å². The van der Waals surface area contributed by atoms with Crippen LogP contribution in [-0.4, -0.2) is 309 Å². The highest BCUT2D eigenvalue weighted by Gasteiger charge is 2.58. The predicted octanol–water partition coefficient (Wildman–Crippen LogP) is -11.9. The standard InChI is InChI=1S/C32H54N4O42S6/c1-65-31-23(77-83(59,60)61)17(41)21(25(75-31)27(43)44)73-29-13(35-79(47,48)49)15(39)19(9(71-29)5-69-81(53,54)55)67-7-11(37)33-3-4-34-12(38)8-68-20-10(6-70-82(56,57)58)72-30(14(16(20)40)36-80(50,51)52)74-22-18(42)24(78-84(62,63)64)32(66-2)76-26(22)28(45)46/h9-10,13-26,29-32,35-36,39-42H,3-8H2,1-2H3,(H,33,37)(H,34,38)(H,43,44)(H,45,46)(H,47,48,49)(H,50,51,52)(H,53,54,55)(H,56,57,58)(H,59,60,61)(H,62,63,64)/t9-,10-,13-,14-,15-,16-,17+,18+,19-,20-,21+,22+,23-,24-,25-,26-,29-,30-,31-,32-/m1/s1. The molecule has 2 amide bonds. The number of ether oxygens (including phenoxy) is 10. The molecule has 0 spiro atoms. The Morgan fingerprint density at radius 1 is 0.440 bits per heavy atom. The third kappa shape index (κ3) is 22.3. The molecular formula is C32H54N4O42S6. The van der Waals surface area contributed by atoms with E-state index in [0.717, 1.165) is 14.2 Å². The number of carbonyl (C=O) groups is 4. The van der Waals surface area contributed by atoms with E-state index in [1.807, 2.05) is 0 Å². The second-order valence-corrected chi connectivity index (χ2v) is 23.8. The van der Waals surface area contributed by atoms with Crippen molar-refractivity contribution < 1.29 is 192 Å². The van der Waals surface area contributed by atoms with Gasteiger partial charge in [0, 0.05) is 27.3 Å². The molecule has 0 saturated carbocycles. The van der Waals surface area contributed by atoms with Gasteiger partial charge in [-0.15, -0.1) is 0 Å². The third-order valence-corrected chi connectivity index (χ3v) is 14.2. The summed E-state index contributed by atoms with van der Waals surface area (Å²) >= 11 is 0. The smallest absolute Gasteiger partial charge is 0.397 e. The van der Waals surface area contributed by atoms with Gasteiger partial charge in [0.2, 0.25) is 11.8 Å². The maximum absolute atomic E-state index is 12.9. The Morgan fingerprint density at radius 2 is 0.762 bits per heavy atom. The summed E-state index contributed by atoms with van der Waals surface area (Å²) < 4.78 is 269. The number of hydrogen-bond acceptors (Lipinski definition) is 34. The largest absolute Gasteiger partial charge is 0.479 e. The Labute approximate surface area is 472 Å². The normalized spacial score (nSPS) is 34.8. The number of rotatable bonds is 31. The number of aliphatic hydroxyl groups excluding tert-OH is 4. The Balaban J connectivity index is 1.47. The first-order chi connectivity index (χ1) is 38.4. The molecule has 20 atom stereocenters. The van der Waals surface area contributed by atoms with E-state index in [1.54, 1.807) is 0 Å². The van der Waals surface area contributed by atoms with Crippen LogP contribution in [0.3, 0.4) is 0 Å². The highest BCUT2D eigenvalue weighted by atomic mass is 32.3. The minimum atomic E-state index is -5.54. The summed E-state index contributed by atoms with van der Waals surface area (Å²) in [5.41, 5.74) is 0.